The number of carbonyl (C=O) groups is 1. The van der Waals surface area contributed by atoms with Crippen LogP contribution < -0.4 is 11.1 Å². The van der Waals surface area contributed by atoms with E-state index in [4.69, 9.17) is 5.73 Å². The molecule has 0 radical (unpaired) electrons. The number of hydrogen-bond donors (Lipinski definition) is 2. The van der Waals surface area contributed by atoms with Crippen molar-refractivity contribution in [2.45, 2.75) is 6.54 Å². The quantitative estimate of drug-likeness (QED) is 0.771. The lowest BCUT2D eigenvalue weighted by molar-refractivity contribution is 0.0594. The van der Waals surface area contributed by atoms with E-state index in [1.54, 1.807) is 35.4 Å². The van der Waals surface area contributed by atoms with Gasteiger partial charge in [0, 0.05) is 24.6 Å². The Kier molecular flexibility index (Phi) is 3.97. The van der Waals surface area contributed by atoms with Crippen molar-refractivity contribution in [3.63, 3.8) is 0 Å². The lowest BCUT2D eigenvalue weighted by atomic mass is 10.3. The van der Waals surface area contributed by atoms with Crippen LogP contribution in [0.2, 0.25) is 0 Å². The minimum Gasteiger partial charge on any atom is -0.464 e. The van der Waals surface area contributed by atoms with Gasteiger partial charge in [-0.25, -0.2) is 9.78 Å². The largest absolute Gasteiger partial charge is 0.464 e. The fourth-order valence-electron chi connectivity index (χ4n) is 1.57. The lowest BCUT2D eigenvalue weighted by Gasteiger charge is -2.07. The normalized spacial score (nSPS) is 10.2. The van der Waals surface area contributed by atoms with Crippen LogP contribution in [0.15, 0.2) is 30.7 Å². The van der Waals surface area contributed by atoms with Crippen molar-refractivity contribution in [3.8, 4) is 0 Å². The van der Waals surface area contributed by atoms with Crippen LogP contribution in [0.5, 0.6) is 0 Å². The van der Waals surface area contributed by atoms with Gasteiger partial charge in [-0.05, 0) is 12.1 Å². The molecule has 7 heteroatoms. The first-order valence-electron chi connectivity index (χ1n) is 5.75. The summed E-state index contributed by atoms with van der Waals surface area (Å²) in [6.07, 6.45) is 4.91. The summed E-state index contributed by atoms with van der Waals surface area (Å²) >= 11 is 0. The Morgan fingerprint density at radius 1 is 1.58 bits per heavy atom. The van der Waals surface area contributed by atoms with Crippen molar-refractivity contribution in [2.24, 2.45) is 0 Å². The van der Waals surface area contributed by atoms with Crippen molar-refractivity contribution < 1.29 is 9.53 Å². The van der Waals surface area contributed by atoms with E-state index in [0.717, 1.165) is 5.69 Å². The Bertz CT molecular complexity index is 567. The summed E-state index contributed by atoms with van der Waals surface area (Å²) in [5.74, 6) is -0.455. The summed E-state index contributed by atoms with van der Waals surface area (Å²) in [6.45, 7) is 1.33. The zero-order valence-corrected chi connectivity index (χ0v) is 10.5. The fraction of sp³-hybridized carbons (Fsp3) is 0.250. The molecule has 0 aliphatic carbocycles. The molecule has 100 valence electrons. The summed E-state index contributed by atoms with van der Waals surface area (Å²) in [7, 11) is 1.33. The summed E-state index contributed by atoms with van der Waals surface area (Å²) < 4.78 is 6.35. The Morgan fingerprint density at radius 2 is 2.42 bits per heavy atom. The van der Waals surface area contributed by atoms with Gasteiger partial charge >= 0.3 is 5.97 Å². The third-order valence-electron chi connectivity index (χ3n) is 2.48. The van der Waals surface area contributed by atoms with Gasteiger partial charge < -0.3 is 15.8 Å². The van der Waals surface area contributed by atoms with Crippen LogP contribution in [0.25, 0.3) is 0 Å². The second-order valence-corrected chi connectivity index (χ2v) is 3.88. The third kappa shape index (κ3) is 3.44. The molecule has 19 heavy (non-hydrogen) atoms. The van der Waals surface area contributed by atoms with Gasteiger partial charge in [-0.1, -0.05) is 0 Å². The van der Waals surface area contributed by atoms with E-state index in [1.165, 1.54) is 7.11 Å². The molecule has 0 unspecified atom stereocenters. The van der Waals surface area contributed by atoms with Crippen LogP contribution >= 0.6 is 0 Å². The maximum Gasteiger partial charge on any atom is 0.356 e. The molecule has 0 aliphatic heterocycles. The molecule has 2 aromatic heterocycles. The number of hydrogen-bond acceptors (Lipinski definition) is 6. The van der Waals surface area contributed by atoms with E-state index in [9.17, 15) is 4.79 Å². The van der Waals surface area contributed by atoms with E-state index < -0.39 is 5.97 Å². The molecule has 0 aromatic carbocycles. The molecule has 0 fully saturated rings. The molecule has 0 saturated carbocycles. The summed E-state index contributed by atoms with van der Waals surface area (Å²) in [4.78, 5) is 15.3. The number of pyridine rings is 1. The van der Waals surface area contributed by atoms with Crippen molar-refractivity contribution in [1.82, 2.24) is 14.8 Å². The Morgan fingerprint density at radius 3 is 3.11 bits per heavy atom. The molecule has 0 amide bonds. The number of nitrogens with zero attached hydrogens (tertiary/aromatic N) is 3. The molecule has 0 atom stereocenters. The van der Waals surface area contributed by atoms with Gasteiger partial charge in [-0.3, -0.25) is 4.68 Å². The van der Waals surface area contributed by atoms with E-state index in [0.29, 0.717) is 18.8 Å². The molecular weight excluding hydrogens is 246 g/mol. The van der Waals surface area contributed by atoms with Gasteiger partial charge in [0.25, 0.3) is 0 Å². The highest BCUT2D eigenvalue weighted by molar-refractivity contribution is 5.88. The minimum atomic E-state index is -0.455. The molecule has 2 rings (SSSR count). The number of rotatable bonds is 5. The number of carbonyl (C=O) groups excluding carboxylic acids is 1. The lowest BCUT2D eigenvalue weighted by Crippen LogP contribution is -2.12. The number of nitrogen functional groups attached to an aromatic ring is 1. The molecule has 0 bridgehead atoms. The number of anilines is 2. The maximum atomic E-state index is 11.3. The molecule has 2 aromatic rings. The summed E-state index contributed by atoms with van der Waals surface area (Å²) in [6, 6.07) is 3.42. The minimum absolute atomic E-state index is 0.274. The van der Waals surface area contributed by atoms with Crippen molar-refractivity contribution >= 4 is 17.3 Å². The first kappa shape index (κ1) is 12.9. The SMILES string of the molecule is COC(=O)c1cc(NCCn2cc(N)cn2)ccn1. The summed E-state index contributed by atoms with van der Waals surface area (Å²) in [5, 5.41) is 7.24. The number of nitrogens with one attached hydrogen (secondary N) is 1. The fourth-order valence-corrected chi connectivity index (χ4v) is 1.57. The van der Waals surface area contributed by atoms with Crippen LogP contribution in [0.3, 0.4) is 0 Å². The average molecular weight is 261 g/mol. The molecule has 0 aliphatic rings. The standard InChI is InChI=1S/C12H15N5O2/c1-19-12(18)11-6-10(2-3-15-11)14-4-5-17-8-9(13)7-16-17/h2-3,6-8H,4-5,13H2,1H3,(H,14,15). The Hall–Kier alpha value is -2.57. The second kappa shape index (κ2) is 5.85. The van der Waals surface area contributed by atoms with E-state index in [2.05, 4.69) is 20.1 Å². The van der Waals surface area contributed by atoms with Crippen molar-refractivity contribution in [2.75, 3.05) is 24.7 Å². The molecule has 7 nitrogen and oxygen atoms in total. The zero-order valence-electron chi connectivity index (χ0n) is 10.5. The highest BCUT2D eigenvalue weighted by atomic mass is 16.5. The highest BCUT2D eigenvalue weighted by Gasteiger charge is 2.07. The monoisotopic (exact) mass is 261 g/mol. The summed E-state index contributed by atoms with van der Waals surface area (Å²) in [5.41, 5.74) is 7.28. The predicted molar refractivity (Wildman–Crippen MR) is 70.7 cm³/mol. The number of methoxy groups -OCH3 is 1. The van der Waals surface area contributed by atoms with Crippen LogP contribution in [0.1, 0.15) is 10.5 Å². The number of nitrogens with two attached hydrogens (primary N) is 1. The predicted octanol–water partition coefficient (Wildman–Crippen LogP) is 0.759. The second-order valence-electron chi connectivity index (χ2n) is 3.88. The van der Waals surface area contributed by atoms with Gasteiger partial charge in [0.2, 0.25) is 0 Å². The average Bonchev–Trinajstić information content (AvgIpc) is 2.84. The van der Waals surface area contributed by atoms with E-state index in [1.807, 2.05) is 0 Å². The number of ether oxygens (including phenoxy) is 1. The first-order chi connectivity index (χ1) is 9.19. The van der Waals surface area contributed by atoms with Crippen molar-refractivity contribution in [1.29, 1.82) is 0 Å². The van der Waals surface area contributed by atoms with Crippen LogP contribution in [-0.2, 0) is 11.3 Å². The van der Waals surface area contributed by atoms with Gasteiger partial charge in [0.1, 0.15) is 5.69 Å². The van der Waals surface area contributed by atoms with Gasteiger partial charge in [-0.2, -0.15) is 5.10 Å². The van der Waals surface area contributed by atoms with E-state index >= 15 is 0 Å². The topological polar surface area (TPSA) is 95.1 Å². The smallest absolute Gasteiger partial charge is 0.356 e. The Labute approximate surface area is 110 Å². The van der Waals surface area contributed by atoms with E-state index in [-0.39, 0.29) is 5.69 Å². The zero-order chi connectivity index (χ0) is 13.7. The molecule has 0 saturated heterocycles. The van der Waals surface area contributed by atoms with Gasteiger partial charge in [0.15, 0.2) is 0 Å². The molecular formula is C12H15N5O2. The van der Waals surface area contributed by atoms with Gasteiger partial charge in [-0.15, -0.1) is 0 Å². The molecule has 2 heterocycles. The van der Waals surface area contributed by atoms with Crippen LogP contribution in [-0.4, -0.2) is 34.4 Å². The number of aromatic nitrogens is 3. The van der Waals surface area contributed by atoms with Gasteiger partial charge in [0.05, 0.1) is 25.5 Å². The Balaban J connectivity index is 1.90. The van der Waals surface area contributed by atoms with Crippen LogP contribution in [0.4, 0.5) is 11.4 Å². The maximum absolute atomic E-state index is 11.3. The third-order valence-corrected chi connectivity index (χ3v) is 2.48. The highest BCUT2D eigenvalue weighted by Crippen LogP contribution is 2.08. The van der Waals surface area contributed by atoms with Crippen LogP contribution in [0, 0.1) is 0 Å². The molecule has 3 N–H and O–H groups in total. The first-order valence-corrected chi connectivity index (χ1v) is 5.75. The van der Waals surface area contributed by atoms with Crippen molar-refractivity contribution in [3.05, 3.63) is 36.4 Å². The number of esters is 1. The molecule has 0 spiro atoms.